The number of nitrogens with one attached hydrogen (secondary N) is 2. The van der Waals surface area contributed by atoms with E-state index in [1.54, 1.807) is 11.3 Å². The van der Waals surface area contributed by atoms with Crippen LogP contribution in [0.5, 0.6) is 0 Å². The van der Waals surface area contributed by atoms with E-state index >= 15 is 0 Å². The van der Waals surface area contributed by atoms with Crippen molar-refractivity contribution in [2.24, 2.45) is 0 Å². The molecule has 0 spiro atoms. The van der Waals surface area contributed by atoms with Crippen LogP contribution in [0.25, 0.3) is 0 Å². The van der Waals surface area contributed by atoms with Crippen LogP contribution in [0, 0.1) is 6.92 Å². The van der Waals surface area contributed by atoms with Crippen molar-refractivity contribution >= 4 is 17.4 Å². The molecule has 2 amide bonds. The Bertz CT molecular complexity index is 481. The van der Waals surface area contributed by atoms with Gasteiger partial charge in [-0.05, 0) is 26.2 Å². The standard InChI is InChI=1S/C15H25N3O2S/c1-3-12-11(2)21-13(17-12)6-9-16-14(20)18-15(10-19)7-4-5-8-15/h19H,3-10H2,1-2H3,(H2,16,18,20). The Morgan fingerprint density at radius 3 is 2.71 bits per heavy atom. The summed E-state index contributed by atoms with van der Waals surface area (Å²) in [5, 5.41) is 16.4. The van der Waals surface area contributed by atoms with Crippen LogP contribution in [0.1, 0.15) is 48.2 Å². The monoisotopic (exact) mass is 311 g/mol. The number of rotatable bonds is 6. The first-order chi connectivity index (χ1) is 10.1. The number of urea groups is 1. The van der Waals surface area contributed by atoms with E-state index in [0.29, 0.717) is 6.54 Å². The zero-order valence-electron chi connectivity index (χ0n) is 12.9. The quantitative estimate of drug-likeness (QED) is 0.753. The Balaban J connectivity index is 1.76. The van der Waals surface area contributed by atoms with Gasteiger partial charge in [0.1, 0.15) is 0 Å². The summed E-state index contributed by atoms with van der Waals surface area (Å²) < 4.78 is 0. The highest BCUT2D eigenvalue weighted by atomic mass is 32.1. The Kier molecular flexibility index (Phi) is 5.58. The molecule has 0 aromatic carbocycles. The van der Waals surface area contributed by atoms with Crippen LogP contribution >= 0.6 is 11.3 Å². The van der Waals surface area contributed by atoms with E-state index in [0.717, 1.165) is 49.2 Å². The molecule has 3 N–H and O–H groups in total. The maximum atomic E-state index is 11.9. The van der Waals surface area contributed by atoms with Crippen LogP contribution in [-0.4, -0.2) is 34.8 Å². The average Bonchev–Trinajstić information content (AvgIpc) is 3.06. The van der Waals surface area contributed by atoms with E-state index in [2.05, 4.69) is 29.5 Å². The summed E-state index contributed by atoms with van der Waals surface area (Å²) in [6.07, 6.45) is 5.57. The number of amides is 2. The summed E-state index contributed by atoms with van der Waals surface area (Å²) >= 11 is 1.70. The van der Waals surface area contributed by atoms with Gasteiger partial charge in [0.05, 0.1) is 22.8 Å². The molecule has 1 heterocycles. The van der Waals surface area contributed by atoms with Crippen LogP contribution in [0.2, 0.25) is 0 Å². The van der Waals surface area contributed by atoms with Gasteiger partial charge in [-0.2, -0.15) is 0 Å². The molecule has 1 saturated carbocycles. The smallest absolute Gasteiger partial charge is 0.315 e. The predicted octanol–water partition coefficient (Wildman–Crippen LogP) is 2.16. The van der Waals surface area contributed by atoms with E-state index in [-0.39, 0.29) is 12.6 Å². The van der Waals surface area contributed by atoms with E-state index < -0.39 is 5.54 Å². The molecule has 21 heavy (non-hydrogen) atoms. The fourth-order valence-electron chi connectivity index (χ4n) is 2.87. The first kappa shape index (κ1) is 16.2. The fourth-order valence-corrected chi connectivity index (χ4v) is 3.89. The summed E-state index contributed by atoms with van der Waals surface area (Å²) in [6, 6.07) is -0.185. The van der Waals surface area contributed by atoms with Gasteiger partial charge >= 0.3 is 6.03 Å². The van der Waals surface area contributed by atoms with Gasteiger partial charge in [-0.15, -0.1) is 11.3 Å². The second kappa shape index (κ2) is 7.22. The number of carbonyl (C=O) groups excluding carboxylic acids is 1. The normalized spacial score (nSPS) is 16.9. The number of aliphatic hydroxyl groups is 1. The minimum absolute atomic E-state index is 0.0198. The zero-order valence-corrected chi connectivity index (χ0v) is 13.7. The number of nitrogens with zero attached hydrogens (tertiary/aromatic N) is 1. The third-order valence-electron chi connectivity index (χ3n) is 4.14. The lowest BCUT2D eigenvalue weighted by Crippen LogP contribution is -2.53. The minimum Gasteiger partial charge on any atom is -0.394 e. The maximum Gasteiger partial charge on any atom is 0.315 e. The van der Waals surface area contributed by atoms with Gasteiger partial charge in [0, 0.05) is 17.8 Å². The SMILES string of the molecule is CCc1nc(CCNC(=O)NC2(CO)CCCC2)sc1C. The third kappa shape index (κ3) is 4.17. The second-order valence-electron chi connectivity index (χ2n) is 5.74. The van der Waals surface area contributed by atoms with Crippen LogP contribution in [0.15, 0.2) is 0 Å². The molecule has 1 aliphatic rings. The van der Waals surface area contributed by atoms with E-state index in [9.17, 15) is 9.90 Å². The number of aliphatic hydroxyl groups excluding tert-OH is 1. The average molecular weight is 311 g/mol. The van der Waals surface area contributed by atoms with Gasteiger partial charge in [-0.25, -0.2) is 9.78 Å². The summed E-state index contributed by atoms with van der Waals surface area (Å²) in [6.45, 7) is 4.79. The van der Waals surface area contributed by atoms with Gasteiger partial charge in [-0.1, -0.05) is 19.8 Å². The van der Waals surface area contributed by atoms with Crippen LogP contribution in [0.3, 0.4) is 0 Å². The molecule has 1 fully saturated rings. The fraction of sp³-hybridized carbons (Fsp3) is 0.733. The molecule has 0 radical (unpaired) electrons. The molecule has 1 aliphatic carbocycles. The molecule has 1 aromatic heterocycles. The Hall–Kier alpha value is -1.14. The van der Waals surface area contributed by atoms with E-state index in [1.807, 2.05) is 0 Å². The van der Waals surface area contributed by atoms with Crippen molar-refractivity contribution in [3.8, 4) is 0 Å². The predicted molar refractivity (Wildman–Crippen MR) is 84.8 cm³/mol. The van der Waals surface area contributed by atoms with Crippen LogP contribution in [0.4, 0.5) is 4.79 Å². The summed E-state index contributed by atoms with van der Waals surface area (Å²) in [5.41, 5.74) is 0.752. The molecule has 0 bridgehead atoms. The molecule has 6 heteroatoms. The first-order valence-electron chi connectivity index (χ1n) is 7.70. The van der Waals surface area contributed by atoms with Gasteiger partial charge in [-0.3, -0.25) is 0 Å². The molecule has 5 nitrogen and oxygen atoms in total. The van der Waals surface area contributed by atoms with E-state index in [4.69, 9.17) is 0 Å². The van der Waals surface area contributed by atoms with Crippen molar-refractivity contribution in [3.05, 3.63) is 15.6 Å². The number of hydrogen-bond acceptors (Lipinski definition) is 4. The number of thiazole rings is 1. The first-order valence-corrected chi connectivity index (χ1v) is 8.52. The van der Waals surface area contributed by atoms with Crippen molar-refractivity contribution in [2.75, 3.05) is 13.2 Å². The number of aryl methyl sites for hydroxylation is 2. The number of aromatic nitrogens is 1. The highest BCUT2D eigenvalue weighted by Gasteiger charge is 2.34. The second-order valence-corrected chi connectivity index (χ2v) is 7.03. The molecule has 0 aliphatic heterocycles. The zero-order chi connectivity index (χ0) is 15.3. The van der Waals surface area contributed by atoms with Crippen molar-refractivity contribution in [3.63, 3.8) is 0 Å². The Morgan fingerprint density at radius 2 is 2.14 bits per heavy atom. The minimum atomic E-state index is -0.406. The molecular formula is C15H25N3O2S. The van der Waals surface area contributed by atoms with E-state index in [1.165, 1.54) is 4.88 Å². The lowest BCUT2D eigenvalue weighted by molar-refractivity contribution is 0.163. The summed E-state index contributed by atoms with van der Waals surface area (Å²) in [5.74, 6) is 0. The molecule has 0 saturated heterocycles. The van der Waals surface area contributed by atoms with Gasteiger partial charge in [0.2, 0.25) is 0 Å². The molecule has 1 aromatic rings. The molecule has 2 rings (SSSR count). The Morgan fingerprint density at radius 1 is 1.43 bits per heavy atom. The largest absolute Gasteiger partial charge is 0.394 e. The van der Waals surface area contributed by atoms with Gasteiger partial charge < -0.3 is 15.7 Å². The lowest BCUT2D eigenvalue weighted by Gasteiger charge is -2.27. The van der Waals surface area contributed by atoms with Crippen molar-refractivity contribution in [1.29, 1.82) is 0 Å². The van der Waals surface area contributed by atoms with Gasteiger partial charge in [0.25, 0.3) is 0 Å². The Labute approximate surface area is 130 Å². The molecule has 0 atom stereocenters. The van der Waals surface area contributed by atoms with Crippen molar-refractivity contribution in [1.82, 2.24) is 15.6 Å². The summed E-state index contributed by atoms with van der Waals surface area (Å²) in [4.78, 5) is 17.8. The highest BCUT2D eigenvalue weighted by molar-refractivity contribution is 7.11. The third-order valence-corrected chi connectivity index (χ3v) is 5.21. The maximum absolute atomic E-state index is 11.9. The molecular weight excluding hydrogens is 286 g/mol. The number of carbonyl (C=O) groups is 1. The highest BCUT2D eigenvalue weighted by Crippen LogP contribution is 2.28. The molecule has 118 valence electrons. The van der Waals surface area contributed by atoms with Crippen molar-refractivity contribution in [2.45, 2.75) is 57.9 Å². The number of hydrogen-bond donors (Lipinski definition) is 3. The van der Waals surface area contributed by atoms with Crippen LogP contribution < -0.4 is 10.6 Å². The van der Waals surface area contributed by atoms with Crippen molar-refractivity contribution < 1.29 is 9.90 Å². The van der Waals surface area contributed by atoms with Gasteiger partial charge in [0.15, 0.2) is 0 Å². The van der Waals surface area contributed by atoms with Crippen LogP contribution in [-0.2, 0) is 12.8 Å². The summed E-state index contributed by atoms with van der Waals surface area (Å²) in [7, 11) is 0. The lowest BCUT2D eigenvalue weighted by atomic mass is 9.99. The topological polar surface area (TPSA) is 74.2 Å². The molecule has 0 unspecified atom stereocenters.